The van der Waals surface area contributed by atoms with Gasteiger partial charge in [-0.15, -0.1) is 0 Å². The number of esters is 1. The van der Waals surface area contributed by atoms with Gasteiger partial charge in [-0.1, -0.05) is 25.1 Å². The van der Waals surface area contributed by atoms with Gasteiger partial charge < -0.3 is 9.47 Å². The van der Waals surface area contributed by atoms with Gasteiger partial charge in [0.2, 0.25) is 0 Å². The Morgan fingerprint density at radius 1 is 1.45 bits per heavy atom. The molecule has 20 heavy (non-hydrogen) atoms. The van der Waals surface area contributed by atoms with Gasteiger partial charge in [-0.25, -0.2) is 0 Å². The van der Waals surface area contributed by atoms with Crippen LogP contribution >= 0.6 is 0 Å². The molecule has 1 aliphatic heterocycles. The third-order valence-corrected chi connectivity index (χ3v) is 3.74. The van der Waals surface area contributed by atoms with Crippen molar-refractivity contribution in [3.05, 3.63) is 29.3 Å². The predicted octanol–water partition coefficient (Wildman–Crippen LogP) is 3.85. The standard InChI is InChI=1S/C17H24O3/c1-5-19-15(18)10-9-13-7-6-8-14-12(2)11-17(3,4)20-16(13)14/h6-8,12H,5,9-11H2,1-4H3/t12-/m1/s1. The Kier molecular flexibility index (Phi) is 4.36. The normalized spacial score (nSPS) is 19.9. The summed E-state index contributed by atoms with van der Waals surface area (Å²) in [5.41, 5.74) is 2.22. The predicted molar refractivity (Wildman–Crippen MR) is 79.1 cm³/mol. The van der Waals surface area contributed by atoms with Crippen molar-refractivity contribution >= 4 is 5.97 Å². The number of carbonyl (C=O) groups excluding carboxylic acids is 1. The fourth-order valence-corrected chi connectivity index (χ4v) is 2.95. The average Bonchev–Trinajstić information content (AvgIpc) is 2.35. The van der Waals surface area contributed by atoms with E-state index in [-0.39, 0.29) is 11.6 Å². The molecule has 2 rings (SSSR count). The number of para-hydroxylation sites is 1. The molecule has 1 aromatic carbocycles. The van der Waals surface area contributed by atoms with Crippen molar-refractivity contribution in [2.45, 2.75) is 58.5 Å². The first kappa shape index (κ1) is 14.9. The van der Waals surface area contributed by atoms with Crippen LogP contribution in [0, 0.1) is 0 Å². The molecule has 1 heterocycles. The molecule has 0 saturated carbocycles. The van der Waals surface area contributed by atoms with Crippen LogP contribution in [0.2, 0.25) is 0 Å². The Morgan fingerprint density at radius 2 is 2.20 bits per heavy atom. The molecule has 1 atom stereocenters. The van der Waals surface area contributed by atoms with E-state index >= 15 is 0 Å². The van der Waals surface area contributed by atoms with Crippen molar-refractivity contribution in [3.63, 3.8) is 0 Å². The molecular formula is C17H24O3. The molecule has 0 N–H and O–H groups in total. The number of carbonyl (C=O) groups is 1. The molecule has 0 fully saturated rings. The second kappa shape index (κ2) is 5.86. The second-order valence-corrected chi connectivity index (χ2v) is 6.11. The van der Waals surface area contributed by atoms with Gasteiger partial charge in [0, 0.05) is 6.42 Å². The fraction of sp³-hybridized carbons (Fsp3) is 0.588. The quantitative estimate of drug-likeness (QED) is 0.784. The molecular weight excluding hydrogens is 252 g/mol. The molecule has 0 spiro atoms. The van der Waals surface area contributed by atoms with Gasteiger partial charge in [0.05, 0.1) is 6.61 Å². The van der Waals surface area contributed by atoms with E-state index in [4.69, 9.17) is 9.47 Å². The van der Waals surface area contributed by atoms with E-state index in [9.17, 15) is 4.79 Å². The first-order valence-corrected chi connectivity index (χ1v) is 7.39. The van der Waals surface area contributed by atoms with Gasteiger partial charge >= 0.3 is 5.97 Å². The molecule has 0 saturated heterocycles. The maximum atomic E-state index is 11.5. The molecule has 3 nitrogen and oxygen atoms in total. The van der Waals surface area contributed by atoms with E-state index in [1.165, 1.54) is 5.56 Å². The number of aryl methyl sites for hydroxylation is 1. The molecule has 1 aromatic rings. The summed E-state index contributed by atoms with van der Waals surface area (Å²) < 4.78 is 11.2. The van der Waals surface area contributed by atoms with Crippen LogP contribution in [0.25, 0.3) is 0 Å². The fourth-order valence-electron chi connectivity index (χ4n) is 2.95. The van der Waals surface area contributed by atoms with Gasteiger partial charge in [0.15, 0.2) is 0 Å². The monoisotopic (exact) mass is 276 g/mol. The SMILES string of the molecule is CCOC(=O)CCc1cccc2c1OC(C)(C)C[C@H]2C. The molecule has 1 aliphatic rings. The van der Waals surface area contributed by atoms with Crippen LogP contribution in [-0.2, 0) is 16.0 Å². The molecule has 0 bridgehead atoms. The summed E-state index contributed by atoms with van der Waals surface area (Å²) in [6, 6.07) is 6.23. The van der Waals surface area contributed by atoms with Gasteiger partial charge in [-0.3, -0.25) is 4.79 Å². The van der Waals surface area contributed by atoms with Crippen LogP contribution in [0.4, 0.5) is 0 Å². The first-order chi connectivity index (χ1) is 9.43. The van der Waals surface area contributed by atoms with Crippen molar-refractivity contribution in [1.82, 2.24) is 0 Å². The minimum absolute atomic E-state index is 0.145. The van der Waals surface area contributed by atoms with Crippen LogP contribution in [-0.4, -0.2) is 18.2 Å². The van der Waals surface area contributed by atoms with E-state index in [1.54, 1.807) is 0 Å². The average molecular weight is 276 g/mol. The smallest absolute Gasteiger partial charge is 0.306 e. The third-order valence-electron chi connectivity index (χ3n) is 3.74. The summed E-state index contributed by atoms with van der Waals surface area (Å²) in [6.45, 7) is 8.74. The number of benzene rings is 1. The van der Waals surface area contributed by atoms with Gasteiger partial charge in [-0.05, 0) is 50.7 Å². The molecule has 0 aromatic heterocycles. The van der Waals surface area contributed by atoms with Crippen LogP contribution < -0.4 is 4.74 Å². The lowest BCUT2D eigenvalue weighted by Crippen LogP contribution is -2.34. The lowest BCUT2D eigenvalue weighted by atomic mass is 9.84. The van der Waals surface area contributed by atoms with Crippen molar-refractivity contribution in [2.75, 3.05) is 6.61 Å². The van der Waals surface area contributed by atoms with Crippen LogP contribution in [0.5, 0.6) is 5.75 Å². The van der Waals surface area contributed by atoms with E-state index in [0.29, 0.717) is 25.4 Å². The Hall–Kier alpha value is -1.51. The summed E-state index contributed by atoms with van der Waals surface area (Å²) in [7, 11) is 0. The van der Waals surface area contributed by atoms with E-state index in [0.717, 1.165) is 17.7 Å². The van der Waals surface area contributed by atoms with Crippen molar-refractivity contribution < 1.29 is 14.3 Å². The van der Waals surface area contributed by atoms with Gasteiger partial charge in [0.25, 0.3) is 0 Å². The molecule has 0 unspecified atom stereocenters. The molecule has 110 valence electrons. The van der Waals surface area contributed by atoms with Crippen molar-refractivity contribution in [3.8, 4) is 5.75 Å². The zero-order chi connectivity index (χ0) is 14.8. The summed E-state index contributed by atoms with van der Waals surface area (Å²) in [5, 5.41) is 0. The number of ether oxygens (including phenoxy) is 2. The highest BCUT2D eigenvalue weighted by Gasteiger charge is 2.32. The van der Waals surface area contributed by atoms with Crippen molar-refractivity contribution in [1.29, 1.82) is 0 Å². The molecule has 0 radical (unpaired) electrons. The van der Waals surface area contributed by atoms with Gasteiger partial charge in [0.1, 0.15) is 11.4 Å². The largest absolute Gasteiger partial charge is 0.487 e. The lowest BCUT2D eigenvalue weighted by molar-refractivity contribution is -0.143. The molecule has 0 aliphatic carbocycles. The van der Waals surface area contributed by atoms with Crippen LogP contribution in [0.15, 0.2) is 18.2 Å². The number of rotatable bonds is 4. The van der Waals surface area contributed by atoms with E-state index < -0.39 is 0 Å². The zero-order valence-electron chi connectivity index (χ0n) is 12.9. The topological polar surface area (TPSA) is 35.5 Å². The summed E-state index contributed by atoms with van der Waals surface area (Å²) in [5.74, 6) is 1.31. The Morgan fingerprint density at radius 3 is 2.90 bits per heavy atom. The number of hydrogen-bond acceptors (Lipinski definition) is 3. The minimum Gasteiger partial charge on any atom is -0.487 e. The van der Waals surface area contributed by atoms with Crippen LogP contribution in [0.1, 0.15) is 57.6 Å². The minimum atomic E-state index is -0.146. The maximum Gasteiger partial charge on any atom is 0.306 e. The highest BCUT2D eigenvalue weighted by molar-refractivity contribution is 5.70. The summed E-state index contributed by atoms with van der Waals surface area (Å²) in [4.78, 5) is 11.5. The Labute approximate surface area is 121 Å². The molecule has 0 amide bonds. The maximum absolute atomic E-state index is 11.5. The Bertz CT molecular complexity index is 491. The third kappa shape index (κ3) is 3.33. The van der Waals surface area contributed by atoms with Gasteiger partial charge in [-0.2, -0.15) is 0 Å². The number of hydrogen-bond donors (Lipinski definition) is 0. The lowest BCUT2D eigenvalue weighted by Gasteiger charge is -2.37. The number of fused-ring (bicyclic) bond motifs is 1. The summed E-state index contributed by atoms with van der Waals surface area (Å²) >= 11 is 0. The molecule has 3 heteroatoms. The van der Waals surface area contributed by atoms with E-state index in [2.05, 4.69) is 32.9 Å². The zero-order valence-corrected chi connectivity index (χ0v) is 12.9. The highest BCUT2D eigenvalue weighted by atomic mass is 16.5. The Balaban J connectivity index is 2.19. The van der Waals surface area contributed by atoms with E-state index in [1.807, 2.05) is 13.0 Å². The summed E-state index contributed by atoms with van der Waals surface area (Å²) in [6.07, 6.45) is 2.09. The second-order valence-electron chi connectivity index (χ2n) is 6.11. The van der Waals surface area contributed by atoms with Crippen molar-refractivity contribution in [2.24, 2.45) is 0 Å². The first-order valence-electron chi connectivity index (χ1n) is 7.39. The van der Waals surface area contributed by atoms with Crippen LogP contribution in [0.3, 0.4) is 0 Å². The highest BCUT2D eigenvalue weighted by Crippen LogP contribution is 2.42.